The van der Waals surface area contributed by atoms with Gasteiger partial charge in [0.2, 0.25) is 0 Å². The van der Waals surface area contributed by atoms with Crippen molar-refractivity contribution < 1.29 is 23.6 Å². The fraction of sp³-hybridized carbons (Fsp3) is 0.238. The van der Waals surface area contributed by atoms with Gasteiger partial charge in [0, 0.05) is 0 Å². The number of aryl methyl sites for hydroxylation is 1. The monoisotopic (exact) mass is 412 g/mol. The zero-order chi connectivity index (χ0) is 21.7. The van der Waals surface area contributed by atoms with Crippen molar-refractivity contribution in [2.75, 3.05) is 6.54 Å². The molecule has 0 spiro atoms. The predicted octanol–water partition coefficient (Wildman–Crippen LogP) is 1.53. The first-order valence-corrected chi connectivity index (χ1v) is 9.32. The number of benzene rings is 2. The Kier molecular flexibility index (Phi) is 6.10. The Hall–Kier alpha value is -3.75. The zero-order valence-electron chi connectivity index (χ0n) is 16.3. The van der Waals surface area contributed by atoms with Gasteiger partial charge in [-0.05, 0) is 37.5 Å². The van der Waals surface area contributed by atoms with Crippen molar-refractivity contribution in [3.8, 4) is 0 Å². The lowest BCUT2D eigenvalue weighted by Gasteiger charge is -2.21. The van der Waals surface area contributed by atoms with Crippen molar-refractivity contribution in [3.05, 3.63) is 71.5 Å². The van der Waals surface area contributed by atoms with Crippen LogP contribution in [0.3, 0.4) is 0 Å². The summed E-state index contributed by atoms with van der Waals surface area (Å²) in [5.41, 5.74) is 3.78. The number of amides is 5. The SMILES string of the molecule is C[C@@]1(CCc2ccccc2)NC(=O)N(CC(=O)NNC(=O)c2ccccc2F)C1=O. The number of imide groups is 1. The second-order valence-corrected chi connectivity index (χ2v) is 7.12. The molecule has 0 radical (unpaired) electrons. The van der Waals surface area contributed by atoms with E-state index in [4.69, 9.17) is 0 Å². The van der Waals surface area contributed by atoms with Gasteiger partial charge in [-0.1, -0.05) is 42.5 Å². The first-order chi connectivity index (χ1) is 14.3. The third-order valence-electron chi connectivity index (χ3n) is 4.84. The molecule has 1 fully saturated rings. The Morgan fingerprint density at radius 1 is 1.03 bits per heavy atom. The first kappa shape index (κ1) is 21.0. The zero-order valence-corrected chi connectivity index (χ0v) is 16.3. The lowest BCUT2D eigenvalue weighted by molar-refractivity contribution is -0.134. The number of nitrogens with zero attached hydrogens (tertiary/aromatic N) is 1. The number of carbonyl (C=O) groups is 4. The molecule has 30 heavy (non-hydrogen) atoms. The molecule has 0 unspecified atom stereocenters. The van der Waals surface area contributed by atoms with Crippen LogP contribution < -0.4 is 16.2 Å². The molecule has 0 bridgehead atoms. The van der Waals surface area contributed by atoms with E-state index in [1.165, 1.54) is 18.2 Å². The summed E-state index contributed by atoms with van der Waals surface area (Å²) < 4.78 is 13.6. The molecule has 8 nitrogen and oxygen atoms in total. The van der Waals surface area contributed by atoms with Crippen molar-refractivity contribution in [1.29, 1.82) is 0 Å². The smallest absolute Gasteiger partial charge is 0.323 e. The standard InChI is InChI=1S/C21H21FN4O4/c1-21(12-11-14-7-3-2-4-8-14)19(29)26(20(30)23-21)13-17(27)24-25-18(28)15-9-5-6-10-16(15)22/h2-10H,11-13H2,1H3,(H,23,30)(H,24,27)(H,25,28)/t21-/m0/s1. The Morgan fingerprint density at radius 3 is 2.40 bits per heavy atom. The minimum absolute atomic E-state index is 0.249. The molecule has 0 aliphatic carbocycles. The quantitative estimate of drug-likeness (QED) is 0.494. The fourth-order valence-electron chi connectivity index (χ4n) is 3.12. The highest BCUT2D eigenvalue weighted by Crippen LogP contribution is 2.23. The lowest BCUT2D eigenvalue weighted by atomic mass is 9.93. The summed E-state index contributed by atoms with van der Waals surface area (Å²) in [7, 11) is 0. The lowest BCUT2D eigenvalue weighted by Crippen LogP contribution is -2.49. The average molecular weight is 412 g/mol. The predicted molar refractivity (Wildman–Crippen MR) is 105 cm³/mol. The molecule has 1 aliphatic rings. The average Bonchev–Trinajstić information content (AvgIpc) is 2.95. The maximum atomic E-state index is 13.6. The van der Waals surface area contributed by atoms with E-state index in [9.17, 15) is 23.6 Å². The topological polar surface area (TPSA) is 108 Å². The van der Waals surface area contributed by atoms with Gasteiger partial charge in [0.25, 0.3) is 17.7 Å². The molecule has 1 heterocycles. The number of hydrogen-bond donors (Lipinski definition) is 3. The molecule has 3 rings (SSSR count). The van der Waals surface area contributed by atoms with E-state index in [1.807, 2.05) is 30.3 Å². The van der Waals surface area contributed by atoms with Crippen molar-refractivity contribution >= 4 is 23.8 Å². The summed E-state index contributed by atoms with van der Waals surface area (Å²) in [4.78, 5) is 49.8. The van der Waals surface area contributed by atoms with Crippen LogP contribution in [0, 0.1) is 5.82 Å². The molecule has 156 valence electrons. The Labute approximate surface area is 172 Å². The summed E-state index contributed by atoms with van der Waals surface area (Å²) in [6.45, 7) is 1.02. The van der Waals surface area contributed by atoms with Crippen LogP contribution in [0.15, 0.2) is 54.6 Å². The number of nitrogens with one attached hydrogen (secondary N) is 3. The Balaban J connectivity index is 1.55. The summed E-state index contributed by atoms with van der Waals surface area (Å²) in [6.07, 6.45) is 0.936. The molecule has 1 atom stereocenters. The molecule has 9 heteroatoms. The van der Waals surface area contributed by atoms with Crippen LogP contribution in [0.1, 0.15) is 29.3 Å². The fourth-order valence-corrected chi connectivity index (χ4v) is 3.12. The van der Waals surface area contributed by atoms with E-state index in [0.717, 1.165) is 16.5 Å². The van der Waals surface area contributed by atoms with E-state index in [2.05, 4.69) is 16.2 Å². The second kappa shape index (κ2) is 8.73. The maximum absolute atomic E-state index is 13.6. The van der Waals surface area contributed by atoms with E-state index in [1.54, 1.807) is 6.92 Å². The van der Waals surface area contributed by atoms with Gasteiger partial charge in [-0.15, -0.1) is 0 Å². The van der Waals surface area contributed by atoms with Crippen molar-refractivity contribution in [1.82, 2.24) is 21.1 Å². The molecular formula is C21H21FN4O4. The van der Waals surface area contributed by atoms with Crippen LogP contribution in [0.4, 0.5) is 9.18 Å². The van der Waals surface area contributed by atoms with Gasteiger partial charge >= 0.3 is 6.03 Å². The summed E-state index contributed by atoms with van der Waals surface area (Å²) in [5.74, 6) is -2.92. The molecule has 2 aromatic carbocycles. The van der Waals surface area contributed by atoms with E-state index < -0.39 is 41.7 Å². The third kappa shape index (κ3) is 4.62. The van der Waals surface area contributed by atoms with Crippen LogP contribution >= 0.6 is 0 Å². The summed E-state index contributed by atoms with van der Waals surface area (Å²) >= 11 is 0. The first-order valence-electron chi connectivity index (χ1n) is 9.32. The van der Waals surface area contributed by atoms with Crippen LogP contribution in [-0.2, 0) is 16.0 Å². The number of urea groups is 1. The van der Waals surface area contributed by atoms with Gasteiger partial charge < -0.3 is 5.32 Å². The molecule has 3 N–H and O–H groups in total. The molecule has 2 aromatic rings. The van der Waals surface area contributed by atoms with E-state index in [0.29, 0.717) is 12.8 Å². The number of rotatable bonds is 6. The Morgan fingerprint density at radius 2 is 1.70 bits per heavy atom. The van der Waals surface area contributed by atoms with Gasteiger partial charge in [-0.2, -0.15) is 0 Å². The van der Waals surface area contributed by atoms with Crippen LogP contribution in [0.5, 0.6) is 0 Å². The summed E-state index contributed by atoms with van der Waals surface area (Å²) in [6, 6.07) is 14.1. The highest BCUT2D eigenvalue weighted by molar-refractivity contribution is 6.09. The minimum atomic E-state index is -1.14. The number of carbonyl (C=O) groups excluding carboxylic acids is 4. The third-order valence-corrected chi connectivity index (χ3v) is 4.84. The van der Waals surface area contributed by atoms with Gasteiger partial charge in [0.1, 0.15) is 17.9 Å². The number of hydrogen-bond acceptors (Lipinski definition) is 4. The highest BCUT2D eigenvalue weighted by Gasteiger charge is 2.47. The van der Waals surface area contributed by atoms with Crippen LogP contribution in [-0.4, -0.2) is 40.7 Å². The van der Waals surface area contributed by atoms with Gasteiger partial charge in [0.15, 0.2) is 0 Å². The molecule has 0 aromatic heterocycles. The van der Waals surface area contributed by atoms with Gasteiger partial charge in [-0.25, -0.2) is 9.18 Å². The van der Waals surface area contributed by atoms with Crippen LogP contribution in [0.2, 0.25) is 0 Å². The normalized spacial score (nSPS) is 18.1. The van der Waals surface area contributed by atoms with Gasteiger partial charge in [0.05, 0.1) is 5.56 Å². The van der Waals surface area contributed by atoms with Gasteiger partial charge in [-0.3, -0.25) is 30.1 Å². The highest BCUT2D eigenvalue weighted by atomic mass is 19.1. The van der Waals surface area contributed by atoms with Crippen LogP contribution in [0.25, 0.3) is 0 Å². The van der Waals surface area contributed by atoms with Crippen molar-refractivity contribution in [2.24, 2.45) is 0 Å². The summed E-state index contributed by atoms with van der Waals surface area (Å²) in [5, 5.41) is 2.62. The molecule has 1 saturated heterocycles. The number of hydrazine groups is 1. The second-order valence-electron chi connectivity index (χ2n) is 7.12. The number of halogens is 1. The van der Waals surface area contributed by atoms with Crippen molar-refractivity contribution in [2.45, 2.75) is 25.3 Å². The molecule has 5 amide bonds. The van der Waals surface area contributed by atoms with Crippen molar-refractivity contribution in [3.63, 3.8) is 0 Å². The Bertz CT molecular complexity index is 982. The minimum Gasteiger partial charge on any atom is -0.323 e. The van der Waals surface area contributed by atoms with E-state index in [-0.39, 0.29) is 5.56 Å². The largest absolute Gasteiger partial charge is 0.325 e. The maximum Gasteiger partial charge on any atom is 0.325 e. The molecule has 1 aliphatic heterocycles. The van der Waals surface area contributed by atoms with E-state index >= 15 is 0 Å². The molecular weight excluding hydrogens is 391 g/mol. The molecule has 0 saturated carbocycles.